The van der Waals surface area contributed by atoms with Crippen molar-refractivity contribution in [2.24, 2.45) is 0 Å². The molecule has 31 heavy (non-hydrogen) atoms. The summed E-state index contributed by atoms with van der Waals surface area (Å²) in [5, 5.41) is 9.14. The minimum Gasteiger partial charge on any atom is -0.369 e. The first kappa shape index (κ1) is 18.6. The Morgan fingerprint density at radius 2 is 1.97 bits per heavy atom. The Bertz CT molecular complexity index is 1290. The molecule has 1 aromatic carbocycles. The summed E-state index contributed by atoms with van der Waals surface area (Å²) in [6.45, 7) is 5.94. The smallest absolute Gasteiger partial charge is 0.173 e. The van der Waals surface area contributed by atoms with E-state index in [9.17, 15) is 4.39 Å². The number of nitrogens with one attached hydrogen (secondary N) is 2. The summed E-state index contributed by atoms with van der Waals surface area (Å²) in [7, 11) is 0. The van der Waals surface area contributed by atoms with Crippen LogP contribution >= 0.6 is 0 Å². The molecule has 4 aromatic rings. The Kier molecular flexibility index (Phi) is 4.31. The van der Waals surface area contributed by atoms with E-state index >= 15 is 0 Å². The number of pyridine rings is 2. The van der Waals surface area contributed by atoms with Gasteiger partial charge in [0.1, 0.15) is 5.82 Å². The predicted molar refractivity (Wildman–Crippen MR) is 122 cm³/mol. The van der Waals surface area contributed by atoms with Gasteiger partial charge < -0.3 is 19.9 Å². The average molecular weight is 417 g/mol. The summed E-state index contributed by atoms with van der Waals surface area (Å²) in [6.07, 6.45) is 7.95. The molecule has 0 spiro atoms. The SMILES string of the molecule is Cc1cn2cc(Nc3nccc4cc(N5CCNCC5)cc(C5CC5)c34)cc(F)c2n1. The van der Waals surface area contributed by atoms with Crippen molar-refractivity contribution >= 4 is 33.6 Å². The molecule has 6 rings (SSSR count). The fourth-order valence-electron chi connectivity index (χ4n) is 4.63. The number of imidazole rings is 1. The van der Waals surface area contributed by atoms with Gasteiger partial charge in [-0.1, -0.05) is 0 Å². The second-order valence-corrected chi connectivity index (χ2v) is 8.62. The van der Waals surface area contributed by atoms with Gasteiger partial charge in [-0.3, -0.25) is 0 Å². The first-order valence-corrected chi connectivity index (χ1v) is 11.0. The third-order valence-electron chi connectivity index (χ3n) is 6.27. The summed E-state index contributed by atoms with van der Waals surface area (Å²) in [5.41, 5.74) is 4.43. The van der Waals surface area contributed by atoms with Gasteiger partial charge in [-0.15, -0.1) is 0 Å². The molecule has 7 heteroatoms. The van der Waals surface area contributed by atoms with Crippen molar-refractivity contribution in [1.29, 1.82) is 0 Å². The van der Waals surface area contributed by atoms with Gasteiger partial charge in [-0.05, 0) is 54.8 Å². The van der Waals surface area contributed by atoms with Crippen LogP contribution in [0, 0.1) is 12.7 Å². The van der Waals surface area contributed by atoms with Crippen LogP contribution in [0.4, 0.5) is 21.6 Å². The van der Waals surface area contributed by atoms with E-state index in [0.29, 0.717) is 17.3 Å². The quantitative estimate of drug-likeness (QED) is 0.518. The molecule has 1 saturated heterocycles. The van der Waals surface area contributed by atoms with Crippen LogP contribution in [0.3, 0.4) is 0 Å². The number of nitrogens with zero attached hydrogens (tertiary/aromatic N) is 4. The lowest BCUT2D eigenvalue weighted by Crippen LogP contribution is -2.43. The number of hydrogen-bond donors (Lipinski definition) is 2. The van der Waals surface area contributed by atoms with Crippen LogP contribution in [-0.4, -0.2) is 40.5 Å². The van der Waals surface area contributed by atoms with E-state index < -0.39 is 0 Å². The molecule has 0 amide bonds. The van der Waals surface area contributed by atoms with Crippen LogP contribution in [0.2, 0.25) is 0 Å². The Morgan fingerprint density at radius 3 is 2.77 bits per heavy atom. The second-order valence-electron chi connectivity index (χ2n) is 8.62. The van der Waals surface area contributed by atoms with Crippen molar-refractivity contribution in [3.05, 3.63) is 59.9 Å². The molecule has 6 nitrogen and oxygen atoms in total. The summed E-state index contributed by atoms with van der Waals surface area (Å²) in [5.74, 6) is 1.01. The molecule has 158 valence electrons. The van der Waals surface area contributed by atoms with Crippen LogP contribution in [0.15, 0.2) is 42.9 Å². The van der Waals surface area contributed by atoms with Gasteiger partial charge in [-0.25, -0.2) is 14.4 Å². The molecule has 0 radical (unpaired) electrons. The third-order valence-corrected chi connectivity index (χ3v) is 6.27. The van der Waals surface area contributed by atoms with Crippen LogP contribution < -0.4 is 15.5 Å². The molecule has 0 unspecified atom stereocenters. The van der Waals surface area contributed by atoms with Gasteiger partial charge in [-0.2, -0.15) is 0 Å². The highest BCUT2D eigenvalue weighted by molar-refractivity contribution is 5.98. The zero-order chi connectivity index (χ0) is 20.9. The van der Waals surface area contributed by atoms with E-state index in [1.54, 1.807) is 4.40 Å². The summed E-state index contributed by atoms with van der Waals surface area (Å²) in [4.78, 5) is 11.4. The summed E-state index contributed by atoms with van der Waals surface area (Å²) in [6, 6.07) is 8.19. The lowest BCUT2D eigenvalue weighted by molar-refractivity contribution is 0.589. The molecule has 0 atom stereocenters. The predicted octanol–water partition coefficient (Wildman–Crippen LogP) is 4.36. The highest BCUT2D eigenvalue weighted by Gasteiger charge is 2.28. The molecular weight excluding hydrogens is 391 g/mol. The highest BCUT2D eigenvalue weighted by Crippen LogP contribution is 2.46. The lowest BCUT2D eigenvalue weighted by Gasteiger charge is -2.30. The lowest BCUT2D eigenvalue weighted by atomic mass is 10.00. The van der Waals surface area contributed by atoms with E-state index in [2.05, 4.69) is 43.7 Å². The van der Waals surface area contributed by atoms with E-state index in [-0.39, 0.29) is 5.82 Å². The molecular formula is C24H25FN6. The molecule has 0 bridgehead atoms. The van der Waals surface area contributed by atoms with Crippen molar-refractivity contribution in [2.75, 3.05) is 36.4 Å². The molecule has 4 heterocycles. The van der Waals surface area contributed by atoms with E-state index in [0.717, 1.165) is 43.1 Å². The number of aryl methyl sites for hydroxylation is 1. The van der Waals surface area contributed by atoms with Crippen molar-refractivity contribution in [1.82, 2.24) is 19.7 Å². The average Bonchev–Trinajstić information content (AvgIpc) is 3.55. The van der Waals surface area contributed by atoms with Crippen LogP contribution in [-0.2, 0) is 0 Å². The largest absolute Gasteiger partial charge is 0.369 e. The number of halogens is 1. The zero-order valence-corrected chi connectivity index (χ0v) is 17.5. The molecule has 2 fully saturated rings. The van der Waals surface area contributed by atoms with E-state index in [4.69, 9.17) is 0 Å². The number of piperazine rings is 1. The monoisotopic (exact) mass is 416 g/mol. The maximum Gasteiger partial charge on any atom is 0.173 e. The number of benzene rings is 1. The minimum atomic E-state index is -0.346. The van der Waals surface area contributed by atoms with Gasteiger partial charge in [0.25, 0.3) is 0 Å². The molecule has 3 aromatic heterocycles. The Labute approximate surface area is 180 Å². The van der Waals surface area contributed by atoms with E-state index in [1.165, 1.54) is 35.5 Å². The summed E-state index contributed by atoms with van der Waals surface area (Å²) < 4.78 is 16.3. The number of fused-ring (bicyclic) bond motifs is 2. The number of aromatic nitrogens is 3. The Morgan fingerprint density at radius 1 is 1.13 bits per heavy atom. The van der Waals surface area contributed by atoms with Crippen molar-refractivity contribution in [3.63, 3.8) is 0 Å². The van der Waals surface area contributed by atoms with E-state index in [1.807, 2.05) is 25.5 Å². The molecule has 2 N–H and O–H groups in total. The molecule has 1 saturated carbocycles. The van der Waals surface area contributed by atoms with Gasteiger partial charge in [0, 0.05) is 61.9 Å². The van der Waals surface area contributed by atoms with Gasteiger partial charge >= 0.3 is 0 Å². The topological polar surface area (TPSA) is 57.5 Å². The fraction of sp³-hybridized carbons (Fsp3) is 0.333. The zero-order valence-electron chi connectivity index (χ0n) is 17.5. The van der Waals surface area contributed by atoms with Crippen LogP contribution in [0.1, 0.15) is 30.0 Å². The standard InChI is InChI=1S/C24H25FN6/c1-15-13-31-14-18(11-21(25)24(31)28-15)29-23-22-17(4-5-27-23)10-19(12-20(22)16-2-3-16)30-8-6-26-7-9-30/h4-5,10-14,16,26H,2-3,6-9H2,1H3,(H,27,29). The van der Waals surface area contributed by atoms with Crippen LogP contribution in [0.5, 0.6) is 0 Å². The van der Waals surface area contributed by atoms with Gasteiger partial charge in [0.15, 0.2) is 11.5 Å². The molecule has 2 aliphatic rings. The Balaban J connectivity index is 1.45. The normalized spacial score (nSPS) is 16.9. The maximum atomic E-state index is 14.6. The minimum absolute atomic E-state index is 0.341. The van der Waals surface area contributed by atoms with Crippen molar-refractivity contribution in [3.8, 4) is 0 Å². The number of anilines is 3. The molecule has 1 aliphatic carbocycles. The maximum absolute atomic E-state index is 14.6. The van der Waals surface area contributed by atoms with Gasteiger partial charge in [0.05, 0.1) is 11.4 Å². The highest BCUT2D eigenvalue weighted by atomic mass is 19.1. The number of rotatable bonds is 4. The van der Waals surface area contributed by atoms with Crippen molar-refractivity contribution < 1.29 is 4.39 Å². The molecule has 1 aliphatic heterocycles. The fourth-order valence-corrected chi connectivity index (χ4v) is 4.63. The number of hydrogen-bond acceptors (Lipinski definition) is 5. The second kappa shape index (κ2) is 7.20. The third kappa shape index (κ3) is 3.39. The Hall–Kier alpha value is -3.19. The first-order chi connectivity index (χ1) is 15.2. The van der Waals surface area contributed by atoms with Gasteiger partial charge in [0.2, 0.25) is 0 Å². The summed E-state index contributed by atoms with van der Waals surface area (Å²) >= 11 is 0. The first-order valence-electron chi connectivity index (χ1n) is 11.0. The van der Waals surface area contributed by atoms with Crippen molar-refractivity contribution in [2.45, 2.75) is 25.7 Å². The van der Waals surface area contributed by atoms with Crippen LogP contribution in [0.25, 0.3) is 16.4 Å².